The van der Waals surface area contributed by atoms with E-state index in [9.17, 15) is 4.79 Å². The van der Waals surface area contributed by atoms with Crippen LogP contribution in [0.2, 0.25) is 5.02 Å². The summed E-state index contributed by atoms with van der Waals surface area (Å²) in [7, 11) is 0. The minimum absolute atomic E-state index is 0.0381. The maximum atomic E-state index is 11.9. The predicted molar refractivity (Wildman–Crippen MR) is 77.0 cm³/mol. The second kappa shape index (κ2) is 7.09. The summed E-state index contributed by atoms with van der Waals surface area (Å²) in [4.78, 5) is 11.9. The van der Waals surface area contributed by atoms with Gasteiger partial charge in [0.2, 0.25) is 0 Å². The summed E-state index contributed by atoms with van der Waals surface area (Å²) in [6, 6.07) is 8.97. The fourth-order valence-electron chi connectivity index (χ4n) is 2.00. The van der Waals surface area contributed by atoms with E-state index in [1.165, 1.54) is 6.08 Å². The van der Waals surface area contributed by atoms with Crippen LogP contribution in [-0.4, -0.2) is 25.2 Å². The molecule has 5 heteroatoms. The Morgan fingerprint density at radius 3 is 3.00 bits per heavy atom. The van der Waals surface area contributed by atoms with Gasteiger partial charge in [0, 0.05) is 18.2 Å². The van der Waals surface area contributed by atoms with Crippen LogP contribution >= 0.6 is 11.6 Å². The molecule has 20 heavy (non-hydrogen) atoms. The van der Waals surface area contributed by atoms with E-state index < -0.39 is 5.91 Å². The van der Waals surface area contributed by atoms with Gasteiger partial charge in [-0.15, -0.1) is 0 Å². The molecule has 1 saturated heterocycles. The number of nitriles is 1. The van der Waals surface area contributed by atoms with E-state index in [0.29, 0.717) is 17.1 Å². The van der Waals surface area contributed by atoms with Gasteiger partial charge in [0.05, 0.1) is 6.10 Å². The van der Waals surface area contributed by atoms with Gasteiger partial charge in [0.25, 0.3) is 5.91 Å². The summed E-state index contributed by atoms with van der Waals surface area (Å²) in [5, 5.41) is 12.3. The number of carbonyl (C=O) groups is 1. The number of hydrogen-bond donors (Lipinski definition) is 1. The number of benzene rings is 1. The zero-order valence-electron chi connectivity index (χ0n) is 10.9. The smallest absolute Gasteiger partial charge is 0.262 e. The molecule has 0 aromatic heterocycles. The number of carbonyl (C=O) groups excluding carboxylic acids is 1. The van der Waals surface area contributed by atoms with Gasteiger partial charge in [-0.1, -0.05) is 29.8 Å². The minimum Gasteiger partial charge on any atom is -0.376 e. The number of amides is 1. The van der Waals surface area contributed by atoms with Crippen molar-refractivity contribution in [3.05, 3.63) is 40.4 Å². The molecule has 1 fully saturated rings. The molecule has 104 valence electrons. The van der Waals surface area contributed by atoms with Crippen LogP contribution in [0.15, 0.2) is 29.8 Å². The van der Waals surface area contributed by atoms with E-state index in [0.717, 1.165) is 19.4 Å². The molecule has 1 aromatic carbocycles. The molecule has 1 N–H and O–H groups in total. The van der Waals surface area contributed by atoms with Crippen LogP contribution in [0, 0.1) is 11.3 Å². The van der Waals surface area contributed by atoms with Crippen LogP contribution < -0.4 is 5.32 Å². The van der Waals surface area contributed by atoms with E-state index in [1.54, 1.807) is 24.3 Å². The Hall–Kier alpha value is -1.83. The summed E-state index contributed by atoms with van der Waals surface area (Å²) >= 11 is 6.00. The average molecular weight is 291 g/mol. The Balaban J connectivity index is 2.02. The largest absolute Gasteiger partial charge is 0.376 e. The molecule has 1 atom stereocenters. The summed E-state index contributed by atoms with van der Waals surface area (Å²) < 4.78 is 5.42. The Bertz CT molecular complexity index is 557. The molecule has 1 heterocycles. The zero-order chi connectivity index (χ0) is 14.4. The Kier molecular flexibility index (Phi) is 5.16. The van der Waals surface area contributed by atoms with Crippen molar-refractivity contribution in [3.8, 4) is 6.07 Å². The molecule has 0 aliphatic carbocycles. The average Bonchev–Trinajstić information content (AvgIpc) is 2.97. The molecule has 0 saturated carbocycles. The van der Waals surface area contributed by atoms with Crippen molar-refractivity contribution in [2.24, 2.45) is 0 Å². The van der Waals surface area contributed by atoms with Crippen molar-refractivity contribution in [2.45, 2.75) is 18.9 Å². The fourth-order valence-corrected chi connectivity index (χ4v) is 2.19. The standard InChI is InChI=1S/C15H15ClN2O2/c16-14-6-2-1-4-11(14)8-12(9-17)15(19)18-10-13-5-3-7-20-13/h1-2,4,6,8,13H,3,5,7,10H2,(H,18,19)/b12-8-/t13-/m1/s1. The molecular formula is C15H15ClN2O2. The first-order valence-electron chi connectivity index (χ1n) is 6.47. The van der Waals surface area contributed by atoms with Crippen molar-refractivity contribution in [3.63, 3.8) is 0 Å². The molecule has 1 amide bonds. The molecule has 0 radical (unpaired) electrons. The third-order valence-electron chi connectivity index (χ3n) is 3.08. The highest BCUT2D eigenvalue weighted by atomic mass is 35.5. The van der Waals surface area contributed by atoms with Crippen LogP contribution in [0.5, 0.6) is 0 Å². The van der Waals surface area contributed by atoms with Gasteiger partial charge in [-0.05, 0) is 30.5 Å². The molecule has 4 nitrogen and oxygen atoms in total. The number of nitrogens with one attached hydrogen (secondary N) is 1. The minimum atomic E-state index is -0.400. The SMILES string of the molecule is N#C/C(=C/c1ccccc1Cl)C(=O)NC[C@H]1CCCO1. The Labute approximate surface area is 123 Å². The van der Waals surface area contributed by atoms with Gasteiger partial charge in [0.1, 0.15) is 11.6 Å². The van der Waals surface area contributed by atoms with Crippen LogP contribution in [-0.2, 0) is 9.53 Å². The number of rotatable bonds is 4. The number of halogens is 1. The van der Waals surface area contributed by atoms with Crippen LogP contribution in [0.1, 0.15) is 18.4 Å². The summed E-state index contributed by atoms with van der Waals surface area (Å²) in [5.74, 6) is -0.400. The molecule has 0 spiro atoms. The normalized spacial score (nSPS) is 18.6. The quantitative estimate of drug-likeness (QED) is 0.685. The van der Waals surface area contributed by atoms with Crippen molar-refractivity contribution < 1.29 is 9.53 Å². The van der Waals surface area contributed by atoms with Crippen LogP contribution in [0.4, 0.5) is 0 Å². The first-order valence-corrected chi connectivity index (χ1v) is 6.84. The second-order valence-electron chi connectivity index (χ2n) is 4.54. The highest BCUT2D eigenvalue weighted by Gasteiger charge is 2.17. The first kappa shape index (κ1) is 14.6. The van der Waals surface area contributed by atoms with Gasteiger partial charge in [-0.3, -0.25) is 4.79 Å². The lowest BCUT2D eigenvalue weighted by atomic mass is 10.1. The van der Waals surface area contributed by atoms with Crippen molar-refractivity contribution in [1.29, 1.82) is 5.26 Å². The Morgan fingerprint density at radius 1 is 1.55 bits per heavy atom. The van der Waals surface area contributed by atoms with Crippen LogP contribution in [0.3, 0.4) is 0 Å². The topological polar surface area (TPSA) is 62.1 Å². The van der Waals surface area contributed by atoms with E-state index >= 15 is 0 Å². The maximum absolute atomic E-state index is 11.9. The number of hydrogen-bond acceptors (Lipinski definition) is 3. The maximum Gasteiger partial charge on any atom is 0.262 e. The van der Waals surface area contributed by atoms with Gasteiger partial charge < -0.3 is 10.1 Å². The lowest BCUT2D eigenvalue weighted by Gasteiger charge is -2.10. The van der Waals surface area contributed by atoms with Crippen molar-refractivity contribution in [2.75, 3.05) is 13.2 Å². The molecule has 0 bridgehead atoms. The fraction of sp³-hybridized carbons (Fsp3) is 0.333. The second-order valence-corrected chi connectivity index (χ2v) is 4.94. The van der Waals surface area contributed by atoms with Crippen molar-refractivity contribution in [1.82, 2.24) is 5.32 Å². The summed E-state index contributed by atoms with van der Waals surface area (Å²) in [6.45, 7) is 1.17. The number of ether oxygens (including phenoxy) is 1. The molecule has 1 aromatic rings. The van der Waals surface area contributed by atoms with Gasteiger partial charge >= 0.3 is 0 Å². The van der Waals surface area contributed by atoms with E-state index in [1.807, 2.05) is 6.07 Å². The monoisotopic (exact) mass is 290 g/mol. The van der Waals surface area contributed by atoms with E-state index in [2.05, 4.69) is 5.32 Å². The van der Waals surface area contributed by atoms with Gasteiger partial charge in [-0.2, -0.15) is 5.26 Å². The third-order valence-corrected chi connectivity index (χ3v) is 3.43. The van der Waals surface area contributed by atoms with Crippen molar-refractivity contribution >= 4 is 23.6 Å². The van der Waals surface area contributed by atoms with Crippen LogP contribution in [0.25, 0.3) is 6.08 Å². The summed E-state index contributed by atoms with van der Waals surface area (Å²) in [5.41, 5.74) is 0.689. The highest BCUT2D eigenvalue weighted by molar-refractivity contribution is 6.32. The third kappa shape index (κ3) is 3.83. The van der Waals surface area contributed by atoms with E-state index in [-0.39, 0.29) is 11.7 Å². The summed E-state index contributed by atoms with van der Waals surface area (Å²) in [6.07, 6.45) is 3.50. The number of nitrogens with zero attached hydrogens (tertiary/aromatic N) is 1. The predicted octanol–water partition coefficient (Wildman–Crippen LogP) is 2.54. The lowest BCUT2D eigenvalue weighted by Crippen LogP contribution is -2.32. The highest BCUT2D eigenvalue weighted by Crippen LogP contribution is 2.18. The first-order chi connectivity index (χ1) is 9.70. The van der Waals surface area contributed by atoms with Gasteiger partial charge in [0.15, 0.2) is 0 Å². The lowest BCUT2D eigenvalue weighted by molar-refractivity contribution is -0.117. The molecule has 2 rings (SSSR count). The van der Waals surface area contributed by atoms with E-state index in [4.69, 9.17) is 21.6 Å². The van der Waals surface area contributed by atoms with Gasteiger partial charge in [-0.25, -0.2) is 0 Å². The molecule has 1 aliphatic rings. The zero-order valence-corrected chi connectivity index (χ0v) is 11.7. The molecule has 1 aliphatic heterocycles. The molecule has 0 unspecified atom stereocenters. The molecular weight excluding hydrogens is 276 g/mol. The Morgan fingerprint density at radius 2 is 2.35 bits per heavy atom.